The maximum atomic E-state index is 13.2. The smallest absolute Gasteiger partial charge is 0.276 e. The van der Waals surface area contributed by atoms with Crippen LogP contribution in [0.25, 0.3) is 11.1 Å². The Balaban J connectivity index is 2.59. The molecular formula is C15H7Cl2F3O2. The van der Waals surface area contributed by atoms with Crippen molar-refractivity contribution < 1.29 is 22.8 Å². The van der Waals surface area contributed by atoms with Crippen molar-refractivity contribution in [1.82, 2.24) is 0 Å². The normalized spacial score (nSPS) is 11.3. The highest BCUT2D eigenvalue weighted by molar-refractivity contribution is 6.68. The van der Waals surface area contributed by atoms with Gasteiger partial charge in [-0.2, -0.15) is 13.2 Å². The highest BCUT2D eigenvalue weighted by Gasteiger charge is 2.34. The number of hydrogen-bond acceptors (Lipinski definition) is 2. The lowest BCUT2D eigenvalue weighted by Gasteiger charge is -2.14. The summed E-state index contributed by atoms with van der Waals surface area (Å²) in [7, 11) is 0. The minimum Gasteiger partial charge on any atom is -0.276 e. The SMILES string of the molecule is O=C(Cl)c1ccc(-c2ccc(C(=O)Cl)cc2C(F)(F)F)cc1. The Morgan fingerprint density at radius 1 is 0.818 bits per heavy atom. The van der Waals surface area contributed by atoms with E-state index < -0.39 is 22.2 Å². The molecule has 0 heterocycles. The molecule has 2 rings (SSSR count). The van der Waals surface area contributed by atoms with Crippen molar-refractivity contribution in [1.29, 1.82) is 0 Å². The zero-order chi connectivity index (χ0) is 16.5. The van der Waals surface area contributed by atoms with E-state index >= 15 is 0 Å². The molecule has 0 fully saturated rings. The molecule has 0 radical (unpaired) electrons. The van der Waals surface area contributed by atoms with Crippen molar-refractivity contribution in [2.24, 2.45) is 0 Å². The largest absolute Gasteiger partial charge is 0.417 e. The van der Waals surface area contributed by atoms with E-state index in [0.717, 1.165) is 6.07 Å². The van der Waals surface area contributed by atoms with Gasteiger partial charge in [0.1, 0.15) is 0 Å². The summed E-state index contributed by atoms with van der Waals surface area (Å²) in [6.45, 7) is 0. The van der Waals surface area contributed by atoms with Gasteiger partial charge >= 0.3 is 6.18 Å². The molecule has 2 aromatic rings. The van der Waals surface area contributed by atoms with Crippen LogP contribution in [0, 0.1) is 0 Å². The summed E-state index contributed by atoms with van der Waals surface area (Å²) < 4.78 is 39.5. The number of alkyl halides is 3. The first kappa shape index (κ1) is 16.5. The van der Waals surface area contributed by atoms with Gasteiger partial charge in [0.05, 0.1) is 5.56 Å². The second-order valence-corrected chi connectivity index (χ2v) is 5.07. The van der Waals surface area contributed by atoms with Crippen molar-refractivity contribution in [3.63, 3.8) is 0 Å². The van der Waals surface area contributed by atoms with Gasteiger partial charge in [0.2, 0.25) is 0 Å². The topological polar surface area (TPSA) is 34.1 Å². The predicted molar refractivity (Wildman–Crippen MR) is 77.2 cm³/mol. The monoisotopic (exact) mass is 346 g/mol. The first-order chi connectivity index (χ1) is 10.2. The number of carbonyl (C=O) groups excluding carboxylic acids is 2. The standard InChI is InChI=1S/C15H7Cl2F3O2/c16-13(21)9-3-1-8(2-4-9)11-6-5-10(14(17)22)7-12(11)15(18,19)20/h1-7H. The molecule has 0 amide bonds. The third-order valence-corrected chi connectivity index (χ3v) is 3.41. The molecule has 0 bridgehead atoms. The van der Waals surface area contributed by atoms with E-state index in [9.17, 15) is 22.8 Å². The molecule has 0 N–H and O–H groups in total. The van der Waals surface area contributed by atoms with Crippen LogP contribution in [0.5, 0.6) is 0 Å². The Bertz CT molecular complexity index is 737. The van der Waals surface area contributed by atoms with Crippen molar-refractivity contribution in [2.45, 2.75) is 6.18 Å². The average Bonchev–Trinajstić information content (AvgIpc) is 2.45. The van der Waals surface area contributed by atoms with Crippen LogP contribution in [0.15, 0.2) is 42.5 Å². The molecule has 0 unspecified atom stereocenters. The molecule has 0 aromatic heterocycles. The number of hydrogen-bond donors (Lipinski definition) is 0. The second-order valence-electron chi connectivity index (χ2n) is 4.38. The van der Waals surface area contributed by atoms with Crippen molar-refractivity contribution in [3.05, 3.63) is 59.2 Å². The Morgan fingerprint density at radius 2 is 1.32 bits per heavy atom. The van der Waals surface area contributed by atoms with Gasteiger partial charge in [0, 0.05) is 11.1 Å². The third kappa shape index (κ3) is 3.48. The lowest BCUT2D eigenvalue weighted by atomic mass is 9.96. The fourth-order valence-electron chi connectivity index (χ4n) is 1.93. The summed E-state index contributed by atoms with van der Waals surface area (Å²) in [6.07, 6.45) is -4.65. The molecule has 114 valence electrons. The van der Waals surface area contributed by atoms with Crippen LogP contribution in [0.1, 0.15) is 26.3 Å². The van der Waals surface area contributed by atoms with Gasteiger partial charge in [-0.05, 0) is 58.6 Å². The summed E-state index contributed by atoms with van der Waals surface area (Å²) >= 11 is 10.5. The average molecular weight is 347 g/mol. The van der Waals surface area contributed by atoms with Gasteiger partial charge in [-0.3, -0.25) is 9.59 Å². The molecular weight excluding hydrogens is 340 g/mol. The first-order valence-corrected chi connectivity index (χ1v) is 6.67. The first-order valence-electron chi connectivity index (χ1n) is 5.91. The van der Waals surface area contributed by atoms with Gasteiger partial charge in [-0.25, -0.2) is 0 Å². The minimum atomic E-state index is -4.65. The van der Waals surface area contributed by atoms with Gasteiger partial charge < -0.3 is 0 Å². The number of rotatable bonds is 3. The van der Waals surface area contributed by atoms with Crippen LogP contribution in [0.2, 0.25) is 0 Å². The molecule has 0 atom stereocenters. The number of benzene rings is 2. The van der Waals surface area contributed by atoms with Crippen molar-refractivity contribution in [2.75, 3.05) is 0 Å². The van der Waals surface area contributed by atoms with E-state index in [1.165, 1.54) is 30.3 Å². The van der Waals surface area contributed by atoms with Gasteiger partial charge in [-0.15, -0.1) is 0 Å². The molecule has 0 aliphatic rings. The maximum absolute atomic E-state index is 13.2. The quantitative estimate of drug-likeness (QED) is 0.722. The van der Waals surface area contributed by atoms with Crippen molar-refractivity contribution >= 4 is 33.7 Å². The molecule has 0 saturated heterocycles. The van der Waals surface area contributed by atoms with E-state index in [2.05, 4.69) is 0 Å². The van der Waals surface area contributed by atoms with E-state index in [4.69, 9.17) is 23.2 Å². The summed E-state index contributed by atoms with van der Waals surface area (Å²) in [4.78, 5) is 22.0. The summed E-state index contributed by atoms with van der Waals surface area (Å²) in [5.41, 5.74) is -0.939. The zero-order valence-electron chi connectivity index (χ0n) is 10.7. The molecule has 0 aliphatic heterocycles. The van der Waals surface area contributed by atoms with E-state index in [0.29, 0.717) is 6.07 Å². The molecule has 22 heavy (non-hydrogen) atoms. The van der Waals surface area contributed by atoms with Crippen LogP contribution in [0.3, 0.4) is 0 Å². The second kappa shape index (κ2) is 6.10. The summed E-state index contributed by atoms with van der Waals surface area (Å²) in [5, 5.41) is -1.68. The van der Waals surface area contributed by atoms with Crippen LogP contribution < -0.4 is 0 Å². The van der Waals surface area contributed by atoms with Crippen LogP contribution in [-0.2, 0) is 6.18 Å². The number of carbonyl (C=O) groups is 2. The highest BCUT2D eigenvalue weighted by Crippen LogP contribution is 2.38. The predicted octanol–water partition coefficient (Wildman–Crippen LogP) is 5.13. The molecule has 2 aromatic carbocycles. The van der Waals surface area contributed by atoms with E-state index in [-0.39, 0.29) is 22.3 Å². The molecule has 0 aliphatic carbocycles. The lowest BCUT2D eigenvalue weighted by molar-refractivity contribution is -0.137. The third-order valence-electron chi connectivity index (χ3n) is 2.97. The summed E-state index contributed by atoms with van der Waals surface area (Å²) in [6, 6.07) is 8.42. The lowest BCUT2D eigenvalue weighted by Crippen LogP contribution is -2.08. The van der Waals surface area contributed by atoms with Gasteiger partial charge in [0.15, 0.2) is 0 Å². The Morgan fingerprint density at radius 3 is 1.77 bits per heavy atom. The van der Waals surface area contributed by atoms with Crippen LogP contribution in [0.4, 0.5) is 13.2 Å². The molecule has 0 saturated carbocycles. The van der Waals surface area contributed by atoms with E-state index in [1.54, 1.807) is 0 Å². The number of halogens is 5. The zero-order valence-corrected chi connectivity index (χ0v) is 12.3. The van der Waals surface area contributed by atoms with E-state index in [1.807, 2.05) is 0 Å². The molecule has 2 nitrogen and oxygen atoms in total. The Kier molecular flexibility index (Phi) is 4.58. The van der Waals surface area contributed by atoms with Gasteiger partial charge in [-0.1, -0.05) is 18.2 Å². The highest BCUT2D eigenvalue weighted by atomic mass is 35.5. The minimum absolute atomic E-state index is 0.122. The van der Waals surface area contributed by atoms with Crippen LogP contribution >= 0.6 is 23.2 Å². The Labute approximate surface area is 133 Å². The van der Waals surface area contributed by atoms with Gasteiger partial charge in [0.25, 0.3) is 10.5 Å². The summed E-state index contributed by atoms with van der Waals surface area (Å²) in [5.74, 6) is 0. The fraction of sp³-hybridized carbons (Fsp3) is 0.0667. The fourth-order valence-corrected chi connectivity index (χ4v) is 2.18. The Hall–Kier alpha value is -1.85. The van der Waals surface area contributed by atoms with Crippen molar-refractivity contribution in [3.8, 4) is 11.1 Å². The molecule has 7 heteroatoms. The van der Waals surface area contributed by atoms with Crippen LogP contribution in [-0.4, -0.2) is 10.5 Å². The molecule has 0 spiro atoms. The maximum Gasteiger partial charge on any atom is 0.417 e.